The molecule has 0 radical (unpaired) electrons. The monoisotopic (exact) mass is 688 g/mol. The van der Waals surface area contributed by atoms with Crippen LogP contribution in [0.2, 0.25) is 0 Å². The first-order chi connectivity index (χ1) is 22.9. The standard InChI is InChI=1S/C30H24N8O6S3/c31-11-12-43-37-22(19-14-45-29(32)34-19)26(39)35-23-20-13-42-21(15-46-30-36-33-16-47-30)24(38(20)27(23)40)28(41)44-25(17-7-3-1-4-8-17)18-9-5-2-6-10-18/h1-10,14,16,20,23,25H,12-13,15H2,(H2,32,34)(H,35,39)/b37-22-. The van der Waals surface area contributed by atoms with Gasteiger partial charge >= 0.3 is 5.97 Å². The summed E-state index contributed by atoms with van der Waals surface area (Å²) in [6, 6.07) is 18.4. The van der Waals surface area contributed by atoms with Crippen molar-refractivity contribution < 1.29 is 28.7 Å². The van der Waals surface area contributed by atoms with Crippen LogP contribution in [0.3, 0.4) is 0 Å². The summed E-state index contributed by atoms with van der Waals surface area (Å²) in [5, 5.41) is 24.8. The van der Waals surface area contributed by atoms with Crippen molar-refractivity contribution in [3.63, 3.8) is 0 Å². The number of nitrogens with one attached hydrogen (secondary N) is 1. The van der Waals surface area contributed by atoms with Crippen molar-refractivity contribution in [2.24, 2.45) is 5.16 Å². The van der Waals surface area contributed by atoms with Gasteiger partial charge in [-0.05, 0) is 11.1 Å². The van der Waals surface area contributed by atoms with Gasteiger partial charge in [-0.2, -0.15) is 5.26 Å². The molecule has 47 heavy (non-hydrogen) atoms. The number of β-lactam (4-membered cyclic amide) rings is 1. The Morgan fingerprint density at radius 1 is 1.17 bits per heavy atom. The highest BCUT2D eigenvalue weighted by molar-refractivity contribution is 8.01. The number of aromatic nitrogens is 3. The molecule has 17 heteroatoms. The quantitative estimate of drug-likeness (QED) is 0.0553. The molecule has 2 aromatic heterocycles. The van der Waals surface area contributed by atoms with Crippen LogP contribution in [-0.2, 0) is 28.7 Å². The van der Waals surface area contributed by atoms with Crippen LogP contribution < -0.4 is 11.1 Å². The number of nitriles is 1. The van der Waals surface area contributed by atoms with Crippen LogP contribution in [0.4, 0.5) is 5.13 Å². The second kappa shape index (κ2) is 14.4. The zero-order valence-electron chi connectivity index (χ0n) is 24.2. The number of nitrogens with two attached hydrogens (primary N) is 1. The second-order valence-electron chi connectivity index (χ2n) is 9.85. The van der Waals surface area contributed by atoms with Gasteiger partial charge in [0.15, 0.2) is 27.0 Å². The number of esters is 1. The number of hydrogen-bond donors (Lipinski definition) is 2. The van der Waals surface area contributed by atoms with Crippen molar-refractivity contribution >= 4 is 63.1 Å². The fourth-order valence-electron chi connectivity index (χ4n) is 4.90. The van der Waals surface area contributed by atoms with Gasteiger partial charge in [0, 0.05) is 5.38 Å². The summed E-state index contributed by atoms with van der Waals surface area (Å²) in [6.07, 6.45) is -0.778. The Hall–Kier alpha value is -5.31. The Morgan fingerprint density at radius 2 is 1.89 bits per heavy atom. The van der Waals surface area contributed by atoms with E-state index >= 15 is 0 Å². The number of amides is 2. The maximum atomic E-state index is 14.1. The van der Waals surface area contributed by atoms with Crippen LogP contribution in [0, 0.1) is 11.3 Å². The summed E-state index contributed by atoms with van der Waals surface area (Å²) in [4.78, 5) is 51.4. The molecule has 14 nitrogen and oxygen atoms in total. The van der Waals surface area contributed by atoms with E-state index in [1.165, 1.54) is 33.4 Å². The van der Waals surface area contributed by atoms with Gasteiger partial charge in [0.1, 0.15) is 41.7 Å². The zero-order valence-corrected chi connectivity index (χ0v) is 26.7. The summed E-state index contributed by atoms with van der Waals surface area (Å²) in [7, 11) is 0. The maximum Gasteiger partial charge on any atom is 0.359 e. The van der Waals surface area contributed by atoms with E-state index in [1.807, 2.05) is 60.7 Å². The summed E-state index contributed by atoms with van der Waals surface area (Å²) >= 11 is 3.70. The molecule has 4 aromatic rings. The highest BCUT2D eigenvalue weighted by Gasteiger charge is 2.55. The number of anilines is 1. The van der Waals surface area contributed by atoms with E-state index in [0.29, 0.717) is 4.34 Å². The summed E-state index contributed by atoms with van der Waals surface area (Å²) in [6.45, 7) is -0.425. The molecule has 1 saturated heterocycles. The second-order valence-corrected chi connectivity index (χ2v) is 12.8. The van der Waals surface area contributed by atoms with E-state index in [1.54, 1.807) is 11.6 Å². The molecule has 0 saturated carbocycles. The lowest BCUT2D eigenvalue weighted by Crippen LogP contribution is -2.73. The summed E-state index contributed by atoms with van der Waals surface area (Å²) < 4.78 is 12.9. The third kappa shape index (κ3) is 6.94. The first-order valence-corrected chi connectivity index (χ1v) is 16.7. The van der Waals surface area contributed by atoms with Gasteiger partial charge in [-0.15, -0.1) is 21.5 Å². The van der Waals surface area contributed by atoms with E-state index in [-0.39, 0.29) is 40.4 Å². The number of oxime groups is 1. The SMILES string of the molecule is N#CCO/N=C(\C(=O)NC1C(=O)N2C(C(=O)OC(c3ccccc3)c3ccccc3)=C(CSc3nncs3)OCC12)c1csc(N)n1. The summed E-state index contributed by atoms with van der Waals surface area (Å²) in [5.41, 5.74) is 8.57. The molecule has 0 bridgehead atoms. The topological polar surface area (TPSA) is 195 Å². The van der Waals surface area contributed by atoms with Crippen molar-refractivity contribution in [3.8, 4) is 6.07 Å². The third-order valence-electron chi connectivity index (χ3n) is 6.99. The van der Waals surface area contributed by atoms with Crippen molar-refractivity contribution in [2.45, 2.75) is 22.5 Å². The Bertz CT molecular complexity index is 1820. The van der Waals surface area contributed by atoms with Gasteiger partial charge in [0.05, 0.1) is 5.75 Å². The van der Waals surface area contributed by atoms with Crippen LogP contribution >= 0.6 is 34.4 Å². The average molecular weight is 689 g/mol. The van der Waals surface area contributed by atoms with E-state index in [9.17, 15) is 14.4 Å². The maximum absolute atomic E-state index is 14.1. The molecule has 0 spiro atoms. The van der Waals surface area contributed by atoms with E-state index in [0.717, 1.165) is 22.5 Å². The number of ether oxygens (including phenoxy) is 2. The number of thiazole rings is 1. The number of thioether (sulfide) groups is 1. The number of rotatable bonds is 12. The van der Waals surface area contributed by atoms with Gasteiger partial charge in [0.25, 0.3) is 11.8 Å². The van der Waals surface area contributed by atoms with Crippen molar-refractivity contribution in [3.05, 3.63) is 99.8 Å². The Labute approximate surface area is 279 Å². The van der Waals surface area contributed by atoms with Crippen LogP contribution in [0.25, 0.3) is 0 Å². The van der Waals surface area contributed by atoms with E-state index in [4.69, 9.17) is 25.3 Å². The molecular weight excluding hydrogens is 665 g/mol. The number of carbonyl (C=O) groups excluding carboxylic acids is 3. The van der Waals surface area contributed by atoms with Gasteiger partial charge in [-0.1, -0.05) is 88.9 Å². The Morgan fingerprint density at radius 3 is 2.51 bits per heavy atom. The fraction of sp³-hybridized carbons (Fsp3) is 0.200. The predicted octanol–water partition coefficient (Wildman–Crippen LogP) is 2.88. The highest BCUT2D eigenvalue weighted by Crippen LogP contribution is 2.37. The molecule has 2 atom stereocenters. The van der Waals surface area contributed by atoms with Gasteiger partial charge in [-0.25, -0.2) is 9.78 Å². The van der Waals surface area contributed by atoms with Crippen molar-refractivity contribution in [2.75, 3.05) is 24.7 Å². The lowest BCUT2D eigenvalue weighted by molar-refractivity contribution is -0.163. The number of fused-ring (bicyclic) bond motifs is 1. The number of nitrogen functional groups attached to an aromatic ring is 1. The fourth-order valence-corrected chi connectivity index (χ4v) is 6.88. The molecule has 238 valence electrons. The number of nitrogens with zero attached hydrogens (tertiary/aromatic N) is 6. The minimum Gasteiger partial charge on any atom is -0.492 e. The molecule has 2 aliphatic rings. The van der Waals surface area contributed by atoms with Crippen molar-refractivity contribution in [1.82, 2.24) is 25.4 Å². The number of hydrogen-bond acceptors (Lipinski definition) is 15. The zero-order chi connectivity index (χ0) is 32.8. The van der Waals surface area contributed by atoms with Gasteiger partial charge in [-0.3, -0.25) is 14.5 Å². The van der Waals surface area contributed by atoms with Crippen LogP contribution in [-0.4, -0.2) is 74.6 Å². The highest BCUT2D eigenvalue weighted by atomic mass is 32.2. The first-order valence-electron chi connectivity index (χ1n) is 13.9. The van der Waals surface area contributed by atoms with Crippen LogP contribution in [0.15, 0.2) is 92.5 Å². The first kappa shape index (κ1) is 31.7. The molecule has 4 heterocycles. The van der Waals surface area contributed by atoms with Crippen LogP contribution in [0.1, 0.15) is 22.9 Å². The molecule has 2 aliphatic heterocycles. The molecule has 2 unspecified atom stereocenters. The number of benzene rings is 2. The molecule has 6 rings (SSSR count). The lowest BCUT2D eigenvalue weighted by atomic mass is 9.92. The summed E-state index contributed by atoms with van der Waals surface area (Å²) in [5.74, 6) is -1.71. The molecule has 3 N–H and O–H groups in total. The molecular formula is C30H24N8O6S3. The molecule has 2 amide bonds. The minimum atomic E-state index is -1.07. The predicted molar refractivity (Wildman–Crippen MR) is 172 cm³/mol. The van der Waals surface area contributed by atoms with Gasteiger partial charge in [0.2, 0.25) is 6.61 Å². The molecule has 1 fully saturated rings. The largest absolute Gasteiger partial charge is 0.492 e. The van der Waals surface area contributed by atoms with Crippen molar-refractivity contribution in [1.29, 1.82) is 5.26 Å². The number of carbonyl (C=O) groups is 3. The third-order valence-corrected chi connectivity index (χ3v) is 9.53. The average Bonchev–Trinajstić information content (AvgIpc) is 3.79. The van der Waals surface area contributed by atoms with E-state index < -0.39 is 42.6 Å². The van der Waals surface area contributed by atoms with Gasteiger partial charge < -0.3 is 25.4 Å². The van der Waals surface area contributed by atoms with E-state index in [2.05, 4.69) is 25.7 Å². The molecule has 0 aliphatic carbocycles. The lowest BCUT2D eigenvalue weighted by Gasteiger charge is -2.49. The smallest absolute Gasteiger partial charge is 0.359 e. The minimum absolute atomic E-state index is 0.0126. The Balaban J connectivity index is 1.27. The van der Waals surface area contributed by atoms with Crippen LogP contribution in [0.5, 0.6) is 0 Å². The molecule has 2 aromatic carbocycles. The normalized spacial score (nSPS) is 17.3. The Kier molecular flexibility index (Phi) is 9.71.